The van der Waals surface area contributed by atoms with E-state index < -0.39 is 4.32 Å². The topological polar surface area (TPSA) is 29.5 Å². The summed E-state index contributed by atoms with van der Waals surface area (Å²) >= 11 is 3.42. The zero-order valence-corrected chi connectivity index (χ0v) is 11.3. The number of likely N-dealkylation sites (tertiary alicyclic amines) is 1. The minimum absolute atomic E-state index is 0.184. The molecule has 1 heterocycles. The first-order valence-corrected chi connectivity index (χ1v) is 6.21. The third-order valence-corrected chi connectivity index (χ3v) is 3.06. The number of methoxy groups -OCH3 is 1. The Hall–Kier alpha value is -0.0900. The molecule has 1 unspecified atom stereocenters. The second kappa shape index (κ2) is 5.30. The Balaban J connectivity index is 2.52. The number of alkyl halides is 1. The van der Waals surface area contributed by atoms with E-state index in [9.17, 15) is 4.79 Å². The molecular formula is C11H20BrNO2. The standard InChI is InChI=1S/C11H20BrNO2/c1-11(2,12)10(14)13-6-4-5-9(7-13)8-15-3/h9H,4-8H2,1-3H3. The first-order chi connectivity index (χ1) is 6.95. The highest BCUT2D eigenvalue weighted by Crippen LogP contribution is 2.24. The molecule has 1 aliphatic rings. The Kier molecular flexibility index (Phi) is 4.59. The number of piperidine rings is 1. The zero-order valence-electron chi connectivity index (χ0n) is 9.75. The molecule has 0 radical (unpaired) electrons. The highest BCUT2D eigenvalue weighted by Gasteiger charge is 2.32. The van der Waals surface area contributed by atoms with Gasteiger partial charge >= 0.3 is 0 Å². The molecule has 0 aliphatic carbocycles. The number of amides is 1. The summed E-state index contributed by atoms with van der Waals surface area (Å²) in [4.78, 5) is 14.0. The quantitative estimate of drug-likeness (QED) is 0.739. The van der Waals surface area contributed by atoms with Gasteiger partial charge in [-0.15, -0.1) is 0 Å². The van der Waals surface area contributed by atoms with Crippen LogP contribution in [0.15, 0.2) is 0 Å². The molecule has 0 aromatic heterocycles. The van der Waals surface area contributed by atoms with E-state index >= 15 is 0 Å². The molecule has 0 spiro atoms. The zero-order chi connectivity index (χ0) is 11.5. The van der Waals surface area contributed by atoms with Crippen LogP contribution in [-0.2, 0) is 9.53 Å². The number of nitrogens with zero attached hydrogens (tertiary/aromatic N) is 1. The summed E-state index contributed by atoms with van der Waals surface area (Å²) in [7, 11) is 1.72. The second-order valence-corrected chi connectivity index (χ2v) is 6.67. The Morgan fingerprint density at radius 3 is 2.80 bits per heavy atom. The summed E-state index contributed by atoms with van der Waals surface area (Å²) in [5.74, 6) is 0.686. The van der Waals surface area contributed by atoms with Crippen LogP contribution >= 0.6 is 15.9 Å². The highest BCUT2D eigenvalue weighted by molar-refractivity contribution is 9.10. The second-order valence-electron chi connectivity index (χ2n) is 4.69. The van der Waals surface area contributed by atoms with Gasteiger partial charge in [0, 0.05) is 20.2 Å². The van der Waals surface area contributed by atoms with Crippen molar-refractivity contribution in [1.29, 1.82) is 0 Å². The van der Waals surface area contributed by atoms with Crippen LogP contribution in [0.5, 0.6) is 0 Å². The maximum absolute atomic E-state index is 12.0. The van der Waals surface area contributed by atoms with Gasteiger partial charge in [0.2, 0.25) is 5.91 Å². The van der Waals surface area contributed by atoms with E-state index in [1.807, 2.05) is 18.7 Å². The van der Waals surface area contributed by atoms with E-state index in [2.05, 4.69) is 15.9 Å². The average Bonchev–Trinajstić information content (AvgIpc) is 2.16. The van der Waals surface area contributed by atoms with Crippen LogP contribution in [-0.4, -0.2) is 41.9 Å². The van der Waals surface area contributed by atoms with E-state index in [-0.39, 0.29) is 5.91 Å². The molecule has 0 saturated carbocycles. The van der Waals surface area contributed by atoms with E-state index in [0.29, 0.717) is 5.92 Å². The van der Waals surface area contributed by atoms with Crippen molar-refractivity contribution >= 4 is 21.8 Å². The Labute approximate surface area is 100 Å². The maximum Gasteiger partial charge on any atom is 0.238 e. The van der Waals surface area contributed by atoms with Gasteiger partial charge in [-0.05, 0) is 32.6 Å². The van der Waals surface area contributed by atoms with Crippen LogP contribution in [0, 0.1) is 5.92 Å². The normalized spacial score (nSPS) is 22.9. The first-order valence-electron chi connectivity index (χ1n) is 5.42. The molecule has 1 rings (SSSR count). The summed E-state index contributed by atoms with van der Waals surface area (Å²) in [6.07, 6.45) is 2.25. The van der Waals surface area contributed by atoms with Crippen molar-refractivity contribution in [3.8, 4) is 0 Å². The van der Waals surface area contributed by atoms with Gasteiger partial charge in [0.15, 0.2) is 0 Å². The minimum atomic E-state index is -0.442. The van der Waals surface area contributed by atoms with Crippen molar-refractivity contribution in [3.63, 3.8) is 0 Å². The lowest BCUT2D eigenvalue weighted by molar-refractivity contribution is -0.135. The highest BCUT2D eigenvalue weighted by atomic mass is 79.9. The third-order valence-electron chi connectivity index (χ3n) is 2.72. The maximum atomic E-state index is 12.0. The molecule has 1 aliphatic heterocycles. The van der Waals surface area contributed by atoms with Crippen molar-refractivity contribution in [2.75, 3.05) is 26.8 Å². The fraction of sp³-hybridized carbons (Fsp3) is 0.909. The molecular weight excluding hydrogens is 258 g/mol. The molecule has 88 valence electrons. The Morgan fingerprint density at radius 2 is 2.27 bits per heavy atom. The Bertz CT molecular complexity index is 223. The third kappa shape index (κ3) is 3.76. The van der Waals surface area contributed by atoms with Gasteiger partial charge in [-0.1, -0.05) is 15.9 Å². The van der Waals surface area contributed by atoms with Gasteiger partial charge in [-0.3, -0.25) is 4.79 Å². The van der Waals surface area contributed by atoms with Crippen LogP contribution in [0.25, 0.3) is 0 Å². The molecule has 1 fully saturated rings. The summed E-state index contributed by atoms with van der Waals surface area (Å²) in [5, 5.41) is 0. The molecule has 4 heteroatoms. The van der Waals surface area contributed by atoms with Crippen LogP contribution in [0.4, 0.5) is 0 Å². The lowest BCUT2D eigenvalue weighted by Crippen LogP contribution is -2.47. The smallest absolute Gasteiger partial charge is 0.238 e. The van der Waals surface area contributed by atoms with Crippen molar-refractivity contribution in [2.24, 2.45) is 5.92 Å². The van der Waals surface area contributed by atoms with Gasteiger partial charge in [0.1, 0.15) is 0 Å². The number of halogens is 1. The van der Waals surface area contributed by atoms with E-state index in [0.717, 1.165) is 26.1 Å². The molecule has 0 N–H and O–H groups in total. The number of hydrogen-bond donors (Lipinski definition) is 0. The van der Waals surface area contributed by atoms with Crippen LogP contribution in [0.1, 0.15) is 26.7 Å². The van der Waals surface area contributed by atoms with Crippen LogP contribution in [0.2, 0.25) is 0 Å². The van der Waals surface area contributed by atoms with Crippen LogP contribution in [0.3, 0.4) is 0 Å². The van der Waals surface area contributed by atoms with Gasteiger partial charge in [-0.25, -0.2) is 0 Å². The van der Waals surface area contributed by atoms with Gasteiger partial charge in [0.25, 0.3) is 0 Å². The number of carbonyl (C=O) groups excluding carboxylic acids is 1. The van der Waals surface area contributed by atoms with E-state index in [4.69, 9.17) is 4.74 Å². The molecule has 1 amide bonds. The summed E-state index contributed by atoms with van der Waals surface area (Å²) in [5.41, 5.74) is 0. The van der Waals surface area contributed by atoms with Gasteiger partial charge in [-0.2, -0.15) is 0 Å². The summed E-state index contributed by atoms with van der Waals surface area (Å²) in [6, 6.07) is 0. The fourth-order valence-corrected chi connectivity index (χ4v) is 2.25. The summed E-state index contributed by atoms with van der Waals surface area (Å²) < 4.78 is 4.70. The van der Waals surface area contributed by atoms with Crippen molar-refractivity contribution in [2.45, 2.75) is 31.0 Å². The molecule has 0 aromatic carbocycles. The lowest BCUT2D eigenvalue weighted by atomic mass is 9.98. The van der Waals surface area contributed by atoms with E-state index in [1.165, 1.54) is 6.42 Å². The molecule has 1 atom stereocenters. The first kappa shape index (κ1) is 13.0. The molecule has 15 heavy (non-hydrogen) atoms. The van der Waals surface area contributed by atoms with E-state index in [1.54, 1.807) is 7.11 Å². The lowest BCUT2D eigenvalue weighted by Gasteiger charge is -2.35. The SMILES string of the molecule is COCC1CCCN(C(=O)C(C)(C)Br)C1. The number of ether oxygens (including phenoxy) is 1. The molecule has 0 bridgehead atoms. The fourth-order valence-electron chi connectivity index (χ4n) is 2.00. The number of carbonyl (C=O) groups is 1. The Morgan fingerprint density at radius 1 is 1.60 bits per heavy atom. The summed E-state index contributed by atoms with van der Waals surface area (Å²) in [6.45, 7) is 6.27. The van der Waals surface area contributed by atoms with Gasteiger partial charge < -0.3 is 9.64 Å². The minimum Gasteiger partial charge on any atom is -0.384 e. The number of hydrogen-bond acceptors (Lipinski definition) is 2. The average molecular weight is 278 g/mol. The number of rotatable bonds is 3. The molecule has 3 nitrogen and oxygen atoms in total. The predicted octanol–water partition coefficient (Wildman–Crippen LogP) is 2.04. The van der Waals surface area contributed by atoms with Crippen molar-refractivity contribution < 1.29 is 9.53 Å². The largest absolute Gasteiger partial charge is 0.384 e. The van der Waals surface area contributed by atoms with Crippen LogP contribution < -0.4 is 0 Å². The van der Waals surface area contributed by atoms with Crippen molar-refractivity contribution in [1.82, 2.24) is 4.90 Å². The predicted molar refractivity (Wildman–Crippen MR) is 64.2 cm³/mol. The van der Waals surface area contributed by atoms with Gasteiger partial charge in [0.05, 0.1) is 10.9 Å². The molecule has 0 aromatic rings. The monoisotopic (exact) mass is 277 g/mol. The van der Waals surface area contributed by atoms with Crippen molar-refractivity contribution in [3.05, 3.63) is 0 Å². The molecule has 1 saturated heterocycles.